The smallest absolute Gasteiger partial charge is 0.270 e. The molecule has 0 aliphatic carbocycles. The Hall–Kier alpha value is -0.0300. The summed E-state index contributed by atoms with van der Waals surface area (Å²) in [5.74, 6) is -0.0509. The second kappa shape index (κ2) is 2.54. The van der Waals surface area contributed by atoms with Crippen molar-refractivity contribution >= 4 is 10.8 Å². The Morgan fingerprint density at radius 1 is 1.80 bits per heavy atom. The zero-order valence-corrected chi connectivity index (χ0v) is 6.29. The van der Waals surface area contributed by atoms with Gasteiger partial charge in [0.25, 0.3) is 6.43 Å². The second-order valence-electron chi connectivity index (χ2n) is 2.37. The van der Waals surface area contributed by atoms with Gasteiger partial charge in [-0.3, -0.25) is 4.21 Å². The summed E-state index contributed by atoms with van der Waals surface area (Å²) in [6.07, 6.45) is -1.11. The minimum absolute atomic E-state index is 0.0459. The number of halogens is 2. The molecule has 1 fully saturated rings. The van der Waals surface area contributed by atoms with Crippen LogP contribution in [0, 0.1) is 0 Å². The standard InChI is InChI=1S/C5H8F2O2S/c1-10(8)3-5(2-9-5)4(6)7/h4H,2-3H2,1H3. The maximum absolute atomic E-state index is 12.0. The molecule has 1 rings (SSSR count). The van der Waals surface area contributed by atoms with Crippen molar-refractivity contribution in [3.8, 4) is 0 Å². The van der Waals surface area contributed by atoms with Gasteiger partial charge in [-0.2, -0.15) is 0 Å². The molecular weight excluding hydrogens is 162 g/mol. The van der Waals surface area contributed by atoms with Gasteiger partial charge in [0.15, 0.2) is 5.60 Å². The molecule has 5 heteroatoms. The van der Waals surface area contributed by atoms with Crippen molar-refractivity contribution in [1.29, 1.82) is 0 Å². The van der Waals surface area contributed by atoms with E-state index in [1.54, 1.807) is 0 Å². The Bertz CT molecular complexity index is 156. The van der Waals surface area contributed by atoms with Gasteiger partial charge in [0.2, 0.25) is 0 Å². The molecule has 0 bridgehead atoms. The van der Waals surface area contributed by atoms with E-state index in [2.05, 4.69) is 4.74 Å². The lowest BCUT2D eigenvalue weighted by Gasteiger charge is -2.06. The van der Waals surface area contributed by atoms with Gasteiger partial charge in [0.1, 0.15) is 0 Å². The van der Waals surface area contributed by atoms with Crippen molar-refractivity contribution in [2.75, 3.05) is 18.6 Å². The molecule has 0 amide bonds. The van der Waals surface area contributed by atoms with Crippen molar-refractivity contribution in [3.05, 3.63) is 0 Å². The maximum Gasteiger partial charge on any atom is 0.270 e. The van der Waals surface area contributed by atoms with Crippen molar-refractivity contribution in [3.63, 3.8) is 0 Å². The van der Waals surface area contributed by atoms with Gasteiger partial charge in [-0.1, -0.05) is 0 Å². The van der Waals surface area contributed by atoms with Crippen molar-refractivity contribution < 1.29 is 17.7 Å². The minimum Gasteiger partial charge on any atom is -0.362 e. The predicted octanol–water partition coefficient (Wildman–Crippen LogP) is 0.399. The molecule has 0 aromatic heterocycles. The molecule has 2 nitrogen and oxygen atoms in total. The van der Waals surface area contributed by atoms with Crippen LogP contribution in [0.15, 0.2) is 0 Å². The topological polar surface area (TPSA) is 29.6 Å². The number of ether oxygens (including phenoxy) is 1. The van der Waals surface area contributed by atoms with E-state index in [1.165, 1.54) is 6.26 Å². The molecule has 10 heavy (non-hydrogen) atoms. The fourth-order valence-corrected chi connectivity index (χ4v) is 1.69. The molecule has 1 aliphatic rings. The highest BCUT2D eigenvalue weighted by molar-refractivity contribution is 7.84. The van der Waals surface area contributed by atoms with Crippen molar-refractivity contribution in [1.82, 2.24) is 0 Å². The van der Waals surface area contributed by atoms with Gasteiger partial charge in [0, 0.05) is 17.1 Å². The lowest BCUT2D eigenvalue weighted by atomic mass is 10.2. The van der Waals surface area contributed by atoms with Crippen LogP contribution in [0.5, 0.6) is 0 Å². The second-order valence-corrected chi connectivity index (χ2v) is 3.81. The Kier molecular flexibility index (Phi) is 2.05. The van der Waals surface area contributed by atoms with Gasteiger partial charge in [0.05, 0.1) is 12.4 Å². The van der Waals surface area contributed by atoms with E-state index in [-0.39, 0.29) is 12.4 Å². The van der Waals surface area contributed by atoms with Crippen LogP contribution in [-0.4, -0.2) is 34.9 Å². The van der Waals surface area contributed by atoms with E-state index in [9.17, 15) is 13.0 Å². The quantitative estimate of drug-likeness (QED) is 0.574. The number of hydrogen-bond donors (Lipinski definition) is 0. The van der Waals surface area contributed by atoms with E-state index in [1.807, 2.05) is 0 Å². The molecule has 0 saturated carbocycles. The monoisotopic (exact) mass is 170 g/mol. The Morgan fingerprint density at radius 2 is 2.30 bits per heavy atom. The van der Waals surface area contributed by atoms with Crippen molar-refractivity contribution in [2.24, 2.45) is 0 Å². The van der Waals surface area contributed by atoms with Gasteiger partial charge in [-0.05, 0) is 0 Å². The zero-order chi connectivity index (χ0) is 7.78. The van der Waals surface area contributed by atoms with Crippen LogP contribution in [0.3, 0.4) is 0 Å². The first-order chi connectivity index (χ1) is 4.57. The van der Waals surface area contributed by atoms with E-state index >= 15 is 0 Å². The normalized spacial score (nSPS) is 34.4. The summed E-state index contributed by atoms with van der Waals surface area (Å²) < 4.78 is 39.0. The fourth-order valence-electron chi connectivity index (χ4n) is 0.709. The summed E-state index contributed by atoms with van der Waals surface area (Å²) in [6, 6.07) is 0. The van der Waals surface area contributed by atoms with Crippen LogP contribution in [0.4, 0.5) is 8.78 Å². The van der Waals surface area contributed by atoms with Crippen LogP contribution < -0.4 is 0 Å². The SMILES string of the molecule is CS(=O)CC1(C(F)F)CO1. The molecule has 2 unspecified atom stereocenters. The van der Waals surface area contributed by atoms with Crippen LogP contribution in [0.1, 0.15) is 0 Å². The zero-order valence-electron chi connectivity index (χ0n) is 5.47. The molecular formula is C5H8F2O2S. The largest absolute Gasteiger partial charge is 0.362 e. The lowest BCUT2D eigenvalue weighted by Crippen LogP contribution is -2.28. The first kappa shape index (κ1) is 8.07. The number of rotatable bonds is 3. The average molecular weight is 170 g/mol. The van der Waals surface area contributed by atoms with Gasteiger partial charge in [-0.25, -0.2) is 8.78 Å². The van der Waals surface area contributed by atoms with Crippen LogP contribution in [0.25, 0.3) is 0 Å². The predicted molar refractivity (Wildman–Crippen MR) is 33.6 cm³/mol. The van der Waals surface area contributed by atoms with E-state index in [0.29, 0.717) is 0 Å². The first-order valence-electron chi connectivity index (χ1n) is 2.79. The average Bonchev–Trinajstić information content (AvgIpc) is 2.46. The Morgan fingerprint density at radius 3 is 2.40 bits per heavy atom. The summed E-state index contributed by atoms with van der Waals surface area (Å²) in [6.45, 7) is 0.0459. The summed E-state index contributed by atoms with van der Waals surface area (Å²) in [5, 5.41) is 0. The summed E-state index contributed by atoms with van der Waals surface area (Å²) in [7, 11) is -1.20. The fraction of sp³-hybridized carbons (Fsp3) is 1.00. The van der Waals surface area contributed by atoms with Gasteiger partial charge in [-0.15, -0.1) is 0 Å². The molecule has 2 atom stereocenters. The third kappa shape index (κ3) is 1.52. The molecule has 0 radical (unpaired) electrons. The minimum atomic E-state index is -2.50. The van der Waals surface area contributed by atoms with Gasteiger partial charge >= 0.3 is 0 Å². The number of alkyl halides is 2. The molecule has 0 aromatic rings. The van der Waals surface area contributed by atoms with E-state index < -0.39 is 22.8 Å². The van der Waals surface area contributed by atoms with E-state index in [0.717, 1.165) is 0 Å². The van der Waals surface area contributed by atoms with Crippen LogP contribution in [0.2, 0.25) is 0 Å². The molecule has 1 saturated heterocycles. The molecule has 60 valence electrons. The Labute approximate surface area is 60.0 Å². The van der Waals surface area contributed by atoms with Crippen LogP contribution >= 0.6 is 0 Å². The summed E-state index contributed by atoms with van der Waals surface area (Å²) in [4.78, 5) is 0. The van der Waals surface area contributed by atoms with Gasteiger partial charge < -0.3 is 4.74 Å². The molecule has 0 aromatic carbocycles. The highest BCUT2D eigenvalue weighted by Gasteiger charge is 2.54. The maximum atomic E-state index is 12.0. The van der Waals surface area contributed by atoms with E-state index in [4.69, 9.17) is 0 Å². The molecule has 0 spiro atoms. The number of epoxide rings is 1. The third-order valence-corrected chi connectivity index (χ3v) is 2.26. The van der Waals surface area contributed by atoms with Crippen LogP contribution in [-0.2, 0) is 15.5 Å². The number of hydrogen-bond acceptors (Lipinski definition) is 2. The summed E-state index contributed by atoms with van der Waals surface area (Å²) in [5.41, 5.74) is -1.36. The lowest BCUT2D eigenvalue weighted by molar-refractivity contribution is 0.0592. The molecule has 1 heterocycles. The molecule has 0 N–H and O–H groups in total. The highest BCUT2D eigenvalue weighted by atomic mass is 32.2. The summed E-state index contributed by atoms with van der Waals surface area (Å²) >= 11 is 0. The first-order valence-corrected chi connectivity index (χ1v) is 4.52. The molecule has 1 aliphatic heterocycles. The Balaban J connectivity index is 2.45. The third-order valence-electron chi connectivity index (χ3n) is 1.36. The van der Waals surface area contributed by atoms with Crippen molar-refractivity contribution in [2.45, 2.75) is 12.0 Å². The highest BCUT2D eigenvalue weighted by Crippen LogP contribution is 2.34.